The minimum absolute atomic E-state index is 0.215. The van der Waals surface area contributed by atoms with Crippen molar-refractivity contribution in [2.24, 2.45) is 0 Å². The first kappa shape index (κ1) is 32.4. The highest BCUT2D eigenvalue weighted by molar-refractivity contribution is 7.46. The second-order valence-electron chi connectivity index (χ2n) is 8.94. The van der Waals surface area contributed by atoms with Crippen molar-refractivity contribution in [3.8, 4) is 0 Å². The molecule has 1 saturated heterocycles. The molecular weight excluding hydrogens is 485 g/mol. The van der Waals surface area contributed by atoms with Crippen molar-refractivity contribution < 1.29 is 53.6 Å². The van der Waals surface area contributed by atoms with Crippen LogP contribution in [0, 0.1) is 0 Å². The smallest absolute Gasteiger partial charge is 0.394 e. The van der Waals surface area contributed by atoms with Gasteiger partial charge in [0, 0.05) is 0 Å². The molecule has 1 rings (SSSR count). The third-order valence-corrected chi connectivity index (χ3v) is 6.39. The summed E-state index contributed by atoms with van der Waals surface area (Å²) in [5, 5.41) is 41.9. The predicted octanol–water partition coefficient (Wildman–Crippen LogP) is 0.708. The molecule has 1 heterocycles. The molecule has 0 aromatic carbocycles. The zero-order valence-electron chi connectivity index (χ0n) is 20.5. The number of unbranched alkanes of at least 4 members (excludes halogenated alkanes) is 8. The lowest BCUT2D eigenvalue weighted by Crippen LogP contribution is -2.65. The van der Waals surface area contributed by atoms with Crippen molar-refractivity contribution in [1.82, 2.24) is 5.32 Å². The maximum absolute atomic E-state index is 12.5. The fraction of sp³-hybridized carbons (Fsp3) is 0.955. The SMILES string of the molecule is CCCCCCCCCCCC(O)CC(=O)NC1C(OCCO)OC(CO)C(OP(=O)(O)O)C1O. The number of ether oxygens (including phenoxy) is 2. The molecule has 0 aromatic rings. The molecule has 1 aliphatic rings. The molecule has 1 aliphatic heterocycles. The van der Waals surface area contributed by atoms with Crippen LogP contribution in [0.5, 0.6) is 0 Å². The molecule has 1 amide bonds. The first-order chi connectivity index (χ1) is 16.6. The monoisotopic (exact) mass is 529 g/mol. The minimum Gasteiger partial charge on any atom is -0.394 e. The summed E-state index contributed by atoms with van der Waals surface area (Å²) in [6.45, 7) is 0.830. The molecule has 0 radical (unpaired) electrons. The van der Waals surface area contributed by atoms with Gasteiger partial charge in [-0.15, -0.1) is 0 Å². The number of carbonyl (C=O) groups excluding carboxylic acids is 1. The van der Waals surface area contributed by atoms with Crippen molar-refractivity contribution in [2.45, 2.75) is 114 Å². The predicted molar refractivity (Wildman–Crippen MR) is 126 cm³/mol. The van der Waals surface area contributed by atoms with Gasteiger partial charge in [-0.3, -0.25) is 9.32 Å². The van der Waals surface area contributed by atoms with Crippen LogP contribution in [0.3, 0.4) is 0 Å². The number of aliphatic hydroxyl groups is 4. The van der Waals surface area contributed by atoms with Crippen LogP contribution in [0.1, 0.15) is 77.6 Å². The molecule has 1 fully saturated rings. The summed E-state index contributed by atoms with van der Waals surface area (Å²) in [6.07, 6.45) is 3.41. The fourth-order valence-corrected chi connectivity index (χ4v) is 4.65. The third-order valence-electron chi connectivity index (χ3n) is 5.88. The summed E-state index contributed by atoms with van der Waals surface area (Å²) < 4.78 is 26.6. The number of aliphatic hydroxyl groups excluding tert-OH is 4. The lowest BCUT2D eigenvalue weighted by Gasteiger charge is -2.43. The van der Waals surface area contributed by atoms with E-state index in [0.717, 1.165) is 25.7 Å². The second kappa shape index (κ2) is 17.7. The molecule has 0 bridgehead atoms. The third kappa shape index (κ3) is 13.5. The van der Waals surface area contributed by atoms with Gasteiger partial charge >= 0.3 is 7.82 Å². The van der Waals surface area contributed by atoms with Crippen molar-refractivity contribution in [1.29, 1.82) is 0 Å². The Morgan fingerprint density at radius 2 is 1.66 bits per heavy atom. The molecule has 0 spiro atoms. The number of amides is 1. The molecule has 0 aliphatic carbocycles. The van der Waals surface area contributed by atoms with E-state index in [-0.39, 0.29) is 19.6 Å². The largest absolute Gasteiger partial charge is 0.470 e. The summed E-state index contributed by atoms with van der Waals surface area (Å²) >= 11 is 0. The van der Waals surface area contributed by atoms with Crippen LogP contribution in [0.25, 0.3) is 0 Å². The minimum atomic E-state index is -5.06. The molecule has 35 heavy (non-hydrogen) atoms. The number of rotatable bonds is 19. The quantitative estimate of drug-likeness (QED) is 0.0919. The van der Waals surface area contributed by atoms with Crippen LogP contribution in [-0.4, -0.2) is 92.7 Å². The van der Waals surface area contributed by atoms with Crippen LogP contribution >= 0.6 is 7.82 Å². The molecule has 6 atom stereocenters. The summed E-state index contributed by atoms with van der Waals surface area (Å²) in [4.78, 5) is 30.8. The van der Waals surface area contributed by atoms with Gasteiger partial charge in [0.2, 0.25) is 5.91 Å². The van der Waals surface area contributed by atoms with Crippen LogP contribution in [-0.2, 0) is 23.4 Å². The van der Waals surface area contributed by atoms with E-state index in [1.165, 1.54) is 32.1 Å². The fourth-order valence-electron chi connectivity index (χ4n) is 4.07. The maximum atomic E-state index is 12.5. The molecule has 0 saturated carbocycles. The van der Waals surface area contributed by atoms with Gasteiger partial charge in [-0.25, -0.2) is 4.57 Å². The zero-order chi connectivity index (χ0) is 26.3. The Labute approximate surface area is 207 Å². The first-order valence-corrected chi connectivity index (χ1v) is 14.0. The molecule has 13 heteroatoms. The lowest BCUT2D eigenvalue weighted by atomic mass is 9.96. The summed E-state index contributed by atoms with van der Waals surface area (Å²) in [5.41, 5.74) is 0. The van der Waals surface area contributed by atoms with Gasteiger partial charge in [-0.05, 0) is 6.42 Å². The summed E-state index contributed by atoms with van der Waals surface area (Å²) in [5.74, 6) is -0.629. The molecule has 6 unspecified atom stereocenters. The number of hydrogen-bond donors (Lipinski definition) is 7. The number of hydrogen-bond acceptors (Lipinski definition) is 9. The Kier molecular flexibility index (Phi) is 16.4. The Morgan fingerprint density at radius 1 is 1.06 bits per heavy atom. The number of nitrogens with one attached hydrogen (secondary N) is 1. The Balaban J connectivity index is 2.54. The van der Waals surface area contributed by atoms with Gasteiger partial charge in [-0.2, -0.15) is 0 Å². The Hall–Kier alpha value is -0.660. The van der Waals surface area contributed by atoms with Crippen molar-refractivity contribution in [3.05, 3.63) is 0 Å². The van der Waals surface area contributed by atoms with E-state index in [9.17, 15) is 24.7 Å². The second-order valence-corrected chi connectivity index (χ2v) is 10.1. The highest BCUT2D eigenvalue weighted by Crippen LogP contribution is 2.41. The van der Waals surface area contributed by atoms with E-state index < -0.39 is 57.1 Å². The standard InChI is InChI=1S/C22H44NO11P/c1-2-3-4-5-6-7-8-9-10-11-16(26)14-18(27)23-19-20(28)21(34-35(29,30)31)17(15-25)33-22(19)32-13-12-24/h16-17,19-22,24-26,28H,2-15H2,1H3,(H,23,27)(H2,29,30,31). The van der Waals surface area contributed by atoms with Crippen molar-refractivity contribution in [2.75, 3.05) is 19.8 Å². The normalized spacial score (nSPS) is 26.0. The van der Waals surface area contributed by atoms with E-state index in [4.69, 9.17) is 24.4 Å². The summed E-state index contributed by atoms with van der Waals surface area (Å²) in [7, 11) is -5.06. The molecule has 12 nitrogen and oxygen atoms in total. The van der Waals surface area contributed by atoms with Gasteiger partial charge in [0.15, 0.2) is 6.29 Å². The Morgan fingerprint density at radius 3 is 2.20 bits per heavy atom. The average Bonchev–Trinajstić information content (AvgIpc) is 2.79. The first-order valence-electron chi connectivity index (χ1n) is 12.5. The lowest BCUT2D eigenvalue weighted by molar-refractivity contribution is -0.268. The molecule has 0 aromatic heterocycles. The zero-order valence-corrected chi connectivity index (χ0v) is 21.4. The maximum Gasteiger partial charge on any atom is 0.470 e. The van der Waals surface area contributed by atoms with E-state index in [0.29, 0.717) is 6.42 Å². The van der Waals surface area contributed by atoms with E-state index >= 15 is 0 Å². The van der Waals surface area contributed by atoms with E-state index in [1.54, 1.807) is 0 Å². The van der Waals surface area contributed by atoms with Crippen LogP contribution in [0.4, 0.5) is 0 Å². The van der Waals surface area contributed by atoms with Crippen LogP contribution in [0.2, 0.25) is 0 Å². The number of phosphoric ester groups is 1. The van der Waals surface area contributed by atoms with E-state index in [1.807, 2.05) is 0 Å². The highest BCUT2D eigenvalue weighted by atomic mass is 31.2. The van der Waals surface area contributed by atoms with Gasteiger partial charge < -0.3 is 45.0 Å². The van der Waals surface area contributed by atoms with E-state index in [2.05, 4.69) is 16.8 Å². The number of carbonyl (C=O) groups is 1. The van der Waals surface area contributed by atoms with Gasteiger partial charge in [0.05, 0.1) is 32.3 Å². The van der Waals surface area contributed by atoms with Crippen molar-refractivity contribution in [3.63, 3.8) is 0 Å². The molecular formula is C22H44NO11P. The van der Waals surface area contributed by atoms with Gasteiger partial charge in [0.1, 0.15) is 24.4 Å². The van der Waals surface area contributed by atoms with Crippen molar-refractivity contribution >= 4 is 13.7 Å². The topological polar surface area (TPSA) is 195 Å². The van der Waals surface area contributed by atoms with Crippen LogP contribution < -0.4 is 5.32 Å². The van der Waals surface area contributed by atoms with Crippen LogP contribution in [0.15, 0.2) is 0 Å². The number of phosphoric acid groups is 1. The van der Waals surface area contributed by atoms with Gasteiger partial charge in [-0.1, -0.05) is 64.7 Å². The average molecular weight is 530 g/mol. The summed E-state index contributed by atoms with van der Waals surface area (Å²) in [6, 6.07) is -1.33. The highest BCUT2D eigenvalue weighted by Gasteiger charge is 2.49. The Bertz CT molecular complexity index is 620. The van der Waals surface area contributed by atoms with Gasteiger partial charge in [0.25, 0.3) is 0 Å². The molecule has 208 valence electrons. The molecule has 7 N–H and O–H groups in total.